The standard InChI is InChI=1S/C15H27NO/c1-3-5-6-14-8-7-12(4-2)15(17-14)13-9-10-16-11-13/h13-14,16H,3-11H2,1-2H3. The first-order valence-corrected chi connectivity index (χ1v) is 7.44. The Morgan fingerprint density at radius 3 is 2.82 bits per heavy atom. The fourth-order valence-corrected chi connectivity index (χ4v) is 3.03. The highest BCUT2D eigenvalue weighted by atomic mass is 16.5. The molecule has 2 unspecified atom stereocenters. The van der Waals surface area contributed by atoms with Gasteiger partial charge < -0.3 is 10.1 Å². The maximum absolute atomic E-state index is 6.32. The Kier molecular flexibility index (Phi) is 4.90. The van der Waals surface area contributed by atoms with Crippen molar-refractivity contribution in [1.29, 1.82) is 0 Å². The molecule has 2 atom stereocenters. The SMILES string of the molecule is CCCCC1CCC(CC)=C(C2CCNC2)O1. The van der Waals surface area contributed by atoms with Crippen molar-refractivity contribution in [2.45, 2.75) is 64.9 Å². The van der Waals surface area contributed by atoms with Gasteiger partial charge >= 0.3 is 0 Å². The average molecular weight is 237 g/mol. The van der Waals surface area contributed by atoms with Gasteiger partial charge in [0, 0.05) is 12.5 Å². The first kappa shape index (κ1) is 12.9. The van der Waals surface area contributed by atoms with Gasteiger partial charge in [0.1, 0.15) is 0 Å². The van der Waals surface area contributed by atoms with Crippen LogP contribution in [-0.4, -0.2) is 19.2 Å². The van der Waals surface area contributed by atoms with E-state index in [2.05, 4.69) is 19.2 Å². The second kappa shape index (κ2) is 6.44. The Bertz CT molecular complexity index is 266. The number of hydrogen-bond acceptors (Lipinski definition) is 2. The minimum Gasteiger partial charge on any atom is -0.494 e. The highest BCUT2D eigenvalue weighted by Crippen LogP contribution is 2.34. The molecule has 2 nitrogen and oxygen atoms in total. The Balaban J connectivity index is 1.99. The van der Waals surface area contributed by atoms with Crippen LogP contribution in [0.4, 0.5) is 0 Å². The van der Waals surface area contributed by atoms with Crippen molar-refractivity contribution in [2.24, 2.45) is 5.92 Å². The van der Waals surface area contributed by atoms with Crippen LogP contribution in [-0.2, 0) is 4.74 Å². The minimum atomic E-state index is 0.501. The van der Waals surface area contributed by atoms with Crippen molar-refractivity contribution in [3.05, 3.63) is 11.3 Å². The smallest absolute Gasteiger partial charge is 0.0999 e. The molecule has 1 saturated heterocycles. The Hall–Kier alpha value is -0.500. The van der Waals surface area contributed by atoms with Crippen molar-refractivity contribution in [3.8, 4) is 0 Å². The van der Waals surface area contributed by atoms with E-state index in [-0.39, 0.29) is 0 Å². The number of unbranched alkanes of at least 4 members (excludes halogenated alkanes) is 1. The molecule has 2 aliphatic heterocycles. The van der Waals surface area contributed by atoms with Gasteiger partial charge in [-0.25, -0.2) is 0 Å². The summed E-state index contributed by atoms with van der Waals surface area (Å²) in [5.41, 5.74) is 1.59. The molecule has 17 heavy (non-hydrogen) atoms. The van der Waals surface area contributed by atoms with Crippen LogP contribution in [0.3, 0.4) is 0 Å². The molecule has 2 heterocycles. The molecule has 0 aliphatic carbocycles. The summed E-state index contributed by atoms with van der Waals surface area (Å²) in [6.45, 7) is 6.82. The Morgan fingerprint density at radius 1 is 1.29 bits per heavy atom. The van der Waals surface area contributed by atoms with Gasteiger partial charge in [0.15, 0.2) is 0 Å². The third-order valence-corrected chi connectivity index (χ3v) is 4.15. The first-order valence-electron chi connectivity index (χ1n) is 7.44. The zero-order valence-corrected chi connectivity index (χ0v) is 11.4. The molecule has 0 aromatic carbocycles. The number of rotatable bonds is 5. The molecule has 1 fully saturated rings. The highest BCUT2D eigenvalue weighted by Gasteiger charge is 2.28. The van der Waals surface area contributed by atoms with Gasteiger partial charge in [0.25, 0.3) is 0 Å². The van der Waals surface area contributed by atoms with Crippen molar-refractivity contribution in [3.63, 3.8) is 0 Å². The van der Waals surface area contributed by atoms with E-state index in [1.54, 1.807) is 5.57 Å². The van der Waals surface area contributed by atoms with E-state index in [1.165, 1.54) is 50.7 Å². The number of nitrogens with one attached hydrogen (secondary N) is 1. The zero-order valence-electron chi connectivity index (χ0n) is 11.4. The molecule has 1 N–H and O–H groups in total. The molecule has 0 bridgehead atoms. The van der Waals surface area contributed by atoms with E-state index in [4.69, 9.17) is 4.74 Å². The van der Waals surface area contributed by atoms with Gasteiger partial charge in [-0.2, -0.15) is 0 Å². The molecular formula is C15H27NO. The van der Waals surface area contributed by atoms with Gasteiger partial charge in [0.05, 0.1) is 11.9 Å². The van der Waals surface area contributed by atoms with Gasteiger partial charge in [0.2, 0.25) is 0 Å². The van der Waals surface area contributed by atoms with Gasteiger partial charge in [-0.1, -0.05) is 26.7 Å². The molecule has 0 saturated carbocycles. The normalized spacial score (nSPS) is 29.5. The lowest BCUT2D eigenvalue weighted by molar-refractivity contribution is 0.0618. The fraction of sp³-hybridized carbons (Fsp3) is 0.867. The molecule has 0 spiro atoms. The van der Waals surface area contributed by atoms with E-state index in [0.29, 0.717) is 12.0 Å². The first-order chi connectivity index (χ1) is 8.35. The molecule has 2 rings (SSSR count). The average Bonchev–Trinajstić information content (AvgIpc) is 2.89. The van der Waals surface area contributed by atoms with Crippen LogP contribution in [0.15, 0.2) is 11.3 Å². The Labute approximate surface area is 106 Å². The second-order valence-electron chi connectivity index (χ2n) is 5.43. The van der Waals surface area contributed by atoms with E-state index in [0.717, 1.165) is 13.1 Å². The van der Waals surface area contributed by atoms with Crippen LogP contribution in [0.1, 0.15) is 58.8 Å². The predicted octanol–water partition coefficient (Wildman–Crippen LogP) is 3.63. The molecule has 0 radical (unpaired) electrons. The summed E-state index contributed by atoms with van der Waals surface area (Å²) in [5, 5.41) is 3.46. The van der Waals surface area contributed by atoms with Crippen LogP contribution in [0.2, 0.25) is 0 Å². The monoisotopic (exact) mass is 237 g/mol. The molecule has 2 heteroatoms. The van der Waals surface area contributed by atoms with E-state index in [9.17, 15) is 0 Å². The van der Waals surface area contributed by atoms with Gasteiger partial charge in [-0.15, -0.1) is 0 Å². The summed E-state index contributed by atoms with van der Waals surface area (Å²) in [7, 11) is 0. The highest BCUT2D eigenvalue weighted by molar-refractivity contribution is 5.16. The second-order valence-corrected chi connectivity index (χ2v) is 5.43. The lowest BCUT2D eigenvalue weighted by atomic mass is 9.92. The summed E-state index contributed by atoms with van der Waals surface area (Å²) in [4.78, 5) is 0. The van der Waals surface area contributed by atoms with Gasteiger partial charge in [-0.05, 0) is 44.2 Å². The maximum Gasteiger partial charge on any atom is 0.0999 e. The topological polar surface area (TPSA) is 21.3 Å². The predicted molar refractivity (Wildman–Crippen MR) is 71.9 cm³/mol. The molecule has 2 aliphatic rings. The summed E-state index contributed by atoms with van der Waals surface area (Å²) >= 11 is 0. The van der Waals surface area contributed by atoms with E-state index in [1.807, 2.05) is 0 Å². The lowest BCUT2D eigenvalue weighted by Gasteiger charge is -2.31. The largest absolute Gasteiger partial charge is 0.494 e. The minimum absolute atomic E-state index is 0.501. The molecule has 98 valence electrons. The zero-order chi connectivity index (χ0) is 12.1. The third-order valence-electron chi connectivity index (χ3n) is 4.15. The number of hydrogen-bond donors (Lipinski definition) is 1. The summed E-state index contributed by atoms with van der Waals surface area (Å²) in [6.07, 6.45) is 9.29. The van der Waals surface area contributed by atoms with Gasteiger partial charge in [-0.3, -0.25) is 0 Å². The van der Waals surface area contributed by atoms with Crippen LogP contribution in [0.5, 0.6) is 0 Å². The Morgan fingerprint density at radius 2 is 2.18 bits per heavy atom. The third kappa shape index (κ3) is 3.25. The number of allylic oxidation sites excluding steroid dienone is 1. The lowest BCUT2D eigenvalue weighted by Crippen LogP contribution is -2.24. The summed E-state index contributed by atoms with van der Waals surface area (Å²) < 4.78 is 6.32. The van der Waals surface area contributed by atoms with Crippen LogP contribution in [0.25, 0.3) is 0 Å². The molecular weight excluding hydrogens is 210 g/mol. The van der Waals surface area contributed by atoms with Crippen molar-refractivity contribution < 1.29 is 4.74 Å². The summed E-state index contributed by atoms with van der Waals surface area (Å²) in [5.74, 6) is 2.03. The maximum atomic E-state index is 6.32. The molecule has 0 amide bonds. The summed E-state index contributed by atoms with van der Waals surface area (Å²) in [6, 6.07) is 0. The molecule has 0 aromatic rings. The van der Waals surface area contributed by atoms with Crippen LogP contribution >= 0.6 is 0 Å². The van der Waals surface area contributed by atoms with E-state index < -0.39 is 0 Å². The van der Waals surface area contributed by atoms with E-state index >= 15 is 0 Å². The van der Waals surface area contributed by atoms with Crippen molar-refractivity contribution in [1.82, 2.24) is 5.32 Å². The van der Waals surface area contributed by atoms with Crippen LogP contribution < -0.4 is 5.32 Å². The van der Waals surface area contributed by atoms with Crippen molar-refractivity contribution in [2.75, 3.05) is 13.1 Å². The van der Waals surface area contributed by atoms with Crippen molar-refractivity contribution >= 4 is 0 Å². The fourth-order valence-electron chi connectivity index (χ4n) is 3.03. The number of ether oxygens (including phenoxy) is 1. The van der Waals surface area contributed by atoms with Crippen LogP contribution in [0, 0.1) is 5.92 Å². The quantitative estimate of drug-likeness (QED) is 0.788. The molecule has 0 aromatic heterocycles.